The fourth-order valence-corrected chi connectivity index (χ4v) is 1.60. The van der Waals surface area contributed by atoms with Crippen LogP contribution in [0.1, 0.15) is 0 Å². The lowest BCUT2D eigenvalue weighted by Gasteiger charge is -2.54. The van der Waals surface area contributed by atoms with Crippen molar-refractivity contribution in [2.75, 3.05) is 26.2 Å². The van der Waals surface area contributed by atoms with Crippen molar-refractivity contribution in [3.8, 4) is 0 Å². The highest BCUT2D eigenvalue weighted by Crippen LogP contribution is 2.33. The normalized spacial score (nSPS) is 27.4. The van der Waals surface area contributed by atoms with E-state index in [2.05, 4.69) is 5.32 Å². The number of rotatable bonds is 0. The molecule has 2 N–H and O–H groups in total. The number of likely N-dealkylation sites (tertiary alicyclic amines) is 1. The van der Waals surface area contributed by atoms with Gasteiger partial charge in [-0.25, -0.2) is 4.79 Å². The topological polar surface area (TPSA) is 52.6 Å². The molecule has 2 rings (SSSR count). The first-order valence-corrected chi connectivity index (χ1v) is 3.41. The van der Waals surface area contributed by atoms with Crippen LogP contribution in [0, 0.1) is 5.41 Å². The lowest BCUT2D eigenvalue weighted by atomic mass is 9.75. The Morgan fingerprint density at radius 3 is 2.40 bits per heavy atom. The van der Waals surface area contributed by atoms with Gasteiger partial charge in [0.15, 0.2) is 0 Å². The summed E-state index contributed by atoms with van der Waals surface area (Å²) >= 11 is 0. The van der Waals surface area contributed by atoms with E-state index in [9.17, 15) is 4.79 Å². The predicted molar refractivity (Wildman–Crippen MR) is 34.9 cm³/mol. The zero-order chi connectivity index (χ0) is 7.19. The van der Waals surface area contributed by atoms with Gasteiger partial charge in [0.1, 0.15) is 0 Å². The first-order valence-electron chi connectivity index (χ1n) is 3.41. The van der Waals surface area contributed by atoms with Crippen LogP contribution in [-0.4, -0.2) is 42.3 Å². The Kier molecular flexibility index (Phi) is 0.976. The summed E-state index contributed by atoms with van der Waals surface area (Å²) in [5.74, 6) is 0. The summed E-state index contributed by atoms with van der Waals surface area (Å²) in [4.78, 5) is 11.8. The monoisotopic (exact) mass is 142 g/mol. The molecule has 0 aromatic carbocycles. The molecule has 1 spiro atoms. The largest absolute Gasteiger partial charge is 0.465 e. The highest BCUT2D eigenvalue weighted by Gasteiger charge is 2.49. The molecule has 0 aromatic heterocycles. The first kappa shape index (κ1) is 5.97. The van der Waals surface area contributed by atoms with Gasteiger partial charge in [0.05, 0.1) is 0 Å². The lowest BCUT2D eigenvalue weighted by molar-refractivity contribution is -0.0257. The molecule has 2 fully saturated rings. The van der Waals surface area contributed by atoms with E-state index in [-0.39, 0.29) is 0 Å². The molecule has 0 atom stereocenters. The van der Waals surface area contributed by atoms with Gasteiger partial charge < -0.3 is 15.3 Å². The van der Waals surface area contributed by atoms with Crippen LogP contribution in [0.15, 0.2) is 0 Å². The van der Waals surface area contributed by atoms with Gasteiger partial charge in [0.25, 0.3) is 0 Å². The second-order valence-corrected chi connectivity index (χ2v) is 3.24. The number of nitrogens with one attached hydrogen (secondary N) is 1. The quantitative estimate of drug-likeness (QED) is 0.482. The zero-order valence-electron chi connectivity index (χ0n) is 5.63. The van der Waals surface area contributed by atoms with E-state index in [1.807, 2.05) is 0 Å². The van der Waals surface area contributed by atoms with Gasteiger partial charge in [-0.2, -0.15) is 0 Å². The smallest absolute Gasteiger partial charge is 0.407 e. The van der Waals surface area contributed by atoms with Crippen molar-refractivity contribution >= 4 is 6.09 Å². The highest BCUT2D eigenvalue weighted by molar-refractivity contribution is 5.66. The van der Waals surface area contributed by atoms with E-state index >= 15 is 0 Å². The molecule has 0 bridgehead atoms. The molecule has 4 heteroatoms. The van der Waals surface area contributed by atoms with Crippen LogP contribution in [0.3, 0.4) is 0 Å². The third-order valence-electron chi connectivity index (χ3n) is 2.32. The predicted octanol–water partition coefficient (Wildman–Crippen LogP) is -0.430. The molecule has 0 aromatic rings. The van der Waals surface area contributed by atoms with Crippen LogP contribution in [0.5, 0.6) is 0 Å². The minimum absolute atomic E-state index is 0.332. The first-order chi connectivity index (χ1) is 4.72. The second kappa shape index (κ2) is 1.63. The van der Waals surface area contributed by atoms with Gasteiger partial charge in [0.2, 0.25) is 0 Å². The van der Waals surface area contributed by atoms with E-state index in [1.54, 1.807) is 0 Å². The van der Waals surface area contributed by atoms with E-state index in [4.69, 9.17) is 5.11 Å². The summed E-state index contributed by atoms with van der Waals surface area (Å²) in [6.45, 7) is 3.46. The minimum Gasteiger partial charge on any atom is -0.465 e. The molecule has 1 amide bonds. The van der Waals surface area contributed by atoms with Crippen molar-refractivity contribution in [1.82, 2.24) is 10.2 Å². The van der Waals surface area contributed by atoms with Gasteiger partial charge in [0, 0.05) is 31.6 Å². The zero-order valence-corrected chi connectivity index (χ0v) is 5.63. The van der Waals surface area contributed by atoms with Crippen LogP contribution in [0.25, 0.3) is 0 Å². The molecule has 4 nitrogen and oxygen atoms in total. The molecule has 0 aliphatic carbocycles. The Morgan fingerprint density at radius 2 is 2.10 bits per heavy atom. The third-order valence-corrected chi connectivity index (χ3v) is 2.32. The third kappa shape index (κ3) is 0.623. The van der Waals surface area contributed by atoms with Crippen LogP contribution in [0.4, 0.5) is 4.79 Å². The second-order valence-electron chi connectivity index (χ2n) is 3.24. The van der Waals surface area contributed by atoms with Crippen LogP contribution in [0.2, 0.25) is 0 Å². The molecule has 2 aliphatic heterocycles. The molecule has 10 heavy (non-hydrogen) atoms. The summed E-state index contributed by atoms with van der Waals surface area (Å²) < 4.78 is 0. The molecular formula is C6H10N2O2. The number of nitrogens with zero attached hydrogens (tertiary/aromatic N) is 1. The Balaban J connectivity index is 1.88. The van der Waals surface area contributed by atoms with Gasteiger partial charge in [-0.15, -0.1) is 0 Å². The van der Waals surface area contributed by atoms with Crippen molar-refractivity contribution in [3.05, 3.63) is 0 Å². The minimum atomic E-state index is -0.780. The van der Waals surface area contributed by atoms with Crippen molar-refractivity contribution in [2.45, 2.75) is 0 Å². The van der Waals surface area contributed by atoms with Gasteiger partial charge in [-0.3, -0.25) is 0 Å². The van der Waals surface area contributed by atoms with Crippen molar-refractivity contribution in [3.63, 3.8) is 0 Å². The summed E-state index contributed by atoms with van der Waals surface area (Å²) in [5.41, 5.74) is 0.332. The van der Waals surface area contributed by atoms with Crippen molar-refractivity contribution in [1.29, 1.82) is 0 Å². The maximum atomic E-state index is 10.3. The molecule has 2 aliphatic rings. The number of amides is 1. The number of carboxylic acid groups (broad SMARTS) is 1. The summed E-state index contributed by atoms with van der Waals surface area (Å²) in [7, 11) is 0. The molecule has 0 radical (unpaired) electrons. The van der Waals surface area contributed by atoms with Gasteiger partial charge in [-0.05, 0) is 0 Å². The van der Waals surface area contributed by atoms with Crippen molar-refractivity contribution in [2.24, 2.45) is 5.41 Å². The van der Waals surface area contributed by atoms with E-state index < -0.39 is 6.09 Å². The summed E-state index contributed by atoms with van der Waals surface area (Å²) in [6, 6.07) is 0. The highest BCUT2D eigenvalue weighted by atomic mass is 16.4. The van der Waals surface area contributed by atoms with Crippen LogP contribution >= 0.6 is 0 Å². The van der Waals surface area contributed by atoms with E-state index in [0.29, 0.717) is 5.41 Å². The fourth-order valence-electron chi connectivity index (χ4n) is 1.60. The number of hydrogen-bond acceptors (Lipinski definition) is 2. The SMILES string of the molecule is O=C(O)N1CC2(CNC2)C1. The Labute approximate surface area is 58.8 Å². The number of carbonyl (C=O) groups is 1. The molecular weight excluding hydrogens is 132 g/mol. The maximum Gasteiger partial charge on any atom is 0.407 e. The molecule has 56 valence electrons. The lowest BCUT2D eigenvalue weighted by Crippen LogP contribution is -2.71. The van der Waals surface area contributed by atoms with Crippen LogP contribution in [-0.2, 0) is 0 Å². The van der Waals surface area contributed by atoms with Gasteiger partial charge >= 0.3 is 6.09 Å². The summed E-state index contributed by atoms with van der Waals surface area (Å²) in [5, 5.41) is 11.6. The molecule has 2 saturated heterocycles. The number of hydrogen-bond donors (Lipinski definition) is 2. The Hall–Kier alpha value is -0.770. The van der Waals surface area contributed by atoms with Crippen molar-refractivity contribution < 1.29 is 9.90 Å². The Morgan fingerprint density at radius 1 is 1.50 bits per heavy atom. The Bertz CT molecular complexity index is 169. The molecule has 0 saturated carbocycles. The maximum absolute atomic E-state index is 10.3. The fraction of sp³-hybridized carbons (Fsp3) is 0.833. The molecule has 2 heterocycles. The van der Waals surface area contributed by atoms with Gasteiger partial charge in [-0.1, -0.05) is 0 Å². The summed E-state index contributed by atoms with van der Waals surface area (Å²) in [6.07, 6.45) is -0.780. The van der Waals surface area contributed by atoms with E-state index in [1.165, 1.54) is 4.90 Å². The standard InChI is InChI=1S/C6H10N2O2/c9-5(10)8-3-6(4-8)1-7-2-6/h7H,1-4H2,(H,9,10). The van der Waals surface area contributed by atoms with E-state index in [0.717, 1.165) is 26.2 Å². The molecule has 0 unspecified atom stereocenters. The van der Waals surface area contributed by atoms with Crippen LogP contribution < -0.4 is 5.32 Å². The average molecular weight is 142 g/mol. The average Bonchev–Trinajstić information content (AvgIpc) is 1.54.